The van der Waals surface area contributed by atoms with E-state index in [-0.39, 0.29) is 0 Å². The number of aromatic nitrogens is 4. The molecule has 9 aromatic rings. The molecule has 214 valence electrons. The maximum absolute atomic E-state index is 5.40. The van der Waals surface area contributed by atoms with Crippen LogP contribution in [0.1, 0.15) is 0 Å². The molecule has 0 bridgehead atoms. The summed E-state index contributed by atoms with van der Waals surface area (Å²) in [5, 5.41) is 5.48. The van der Waals surface area contributed by atoms with Crippen LogP contribution in [-0.2, 0) is 0 Å². The van der Waals surface area contributed by atoms with Crippen molar-refractivity contribution >= 4 is 43.5 Å². The highest BCUT2D eigenvalue weighted by atomic mass is 14.8. The molecule has 4 nitrogen and oxygen atoms in total. The third-order valence-corrected chi connectivity index (χ3v) is 8.75. The first-order chi connectivity index (χ1) is 22.8. The van der Waals surface area contributed by atoms with Gasteiger partial charge in [-0.1, -0.05) is 121 Å². The average Bonchev–Trinajstić information content (AvgIpc) is 3.14. The predicted molar refractivity (Wildman–Crippen MR) is 189 cm³/mol. The zero-order valence-electron chi connectivity index (χ0n) is 24.8. The summed E-state index contributed by atoms with van der Waals surface area (Å²) in [5.41, 5.74) is 10.8. The fourth-order valence-corrected chi connectivity index (χ4v) is 6.56. The van der Waals surface area contributed by atoms with Crippen LogP contribution in [0.4, 0.5) is 0 Å². The molecule has 4 aromatic heterocycles. The molecule has 4 heterocycles. The fourth-order valence-electron chi connectivity index (χ4n) is 6.56. The van der Waals surface area contributed by atoms with Gasteiger partial charge in [0, 0.05) is 56.0 Å². The summed E-state index contributed by atoms with van der Waals surface area (Å²) >= 11 is 0. The Hall–Kier alpha value is -6.26. The van der Waals surface area contributed by atoms with Crippen molar-refractivity contribution < 1.29 is 0 Å². The van der Waals surface area contributed by atoms with Crippen LogP contribution >= 0.6 is 0 Å². The quantitative estimate of drug-likeness (QED) is 0.193. The van der Waals surface area contributed by atoms with Crippen molar-refractivity contribution in [1.29, 1.82) is 0 Å². The Morgan fingerprint density at radius 2 is 0.935 bits per heavy atom. The monoisotopic (exact) mass is 586 g/mol. The van der Waals surface area contributed by atoms with E-state index in [1.807, 2.05) is 42.7 Å². The van der Waals surface area contributed by atoms with Crippen LogP contribution in [0.5, 0.6) is 0 Å². The van der Waals surface area contributed by atoms with Crippen molar-refractivity contribution in [2.45, 2.75) is 0 Å². The molecule has 0 radical (unpaired) electrons. The van der Waals surface area contributed by atoms with Gasteiger partial charge in [-0.25, -0.2) is 15.0 Å². The number of rotatable bonds is 4. The highest BCUT2D eigenvalue weighted by molar-refractivity contribution is 6.19. The maximum atomic E-state index is 5.40. The van der Waals surface area contributed by atoms with Crippen LogP contribution in [-0.4, -0.2) is 19.9 Å². The summed E-state index contributed by atoms with van der Waals surface area (Å²) < 4.78 is 0. The van der Waals surface area contributed by atoms with Crippen LogP contribution in [0.15, 0.2) is 158 Å². The molecule has 0 amide bonds. The van der Waals surface area contributed by atoms with E-state index >= 15 is 0 Å². The van der Waals surface area contributed by atoms with E-state index in [0.29, 0.717) is 0 Å². The highest BCUT2D eigenvalue weighted by Gasteiger charge is 2.18. The van der Waals surface area contributed by atoms with Crippen LogP contribution in [0.2, 0.25) is 0 Å². The van der Waals surface area contributed by atoms with Gasteiger partial charge >= 0.3 is 0 Å². The average molecular weight is 587 g/mol. The van der Waals surface area contributed by atoms with Gasteiger partial charge in [-0.2, -0.15) is 0 Å². The summed E-state index contributed by atoms with van der Waals surface area (Å²) in [6.45, 7) is 0. The second kappa shape index (κ2) is 10.7. The summed E-state index contributed by atoms with van der Waals surface area (Å²) in [7, 11) is 0. The lowest BCUT2D eigenvalue weighted by atomic mass is 9.92. The van der Waals surface area contributed by atoms with Crippen LogP contribution < -0.4 is 0 Å². The first-order valence-electron chi connectivity index (χ1n) is 15.4. The van der Waals surface area contributed by atoms with Gasteiger partial charge in [0.2, 0.25) is 0 Å². The lowest BCUT2D eigenvalue weighted by Crippen LogP contribution is -1.95. The molecule has 0 saturated heterocycles. The van der Waals surface area contributed by atoms with Gasteiger partial charge in [-0.3, -0.25) is 4.98 Å². The molecule has 0 aliphatic rings. The van der Waals surface area contributed by atoms with E-state index in [9.17, 15) is 0 Å². The molecule has 5 aromatic carbocycles. The topological polar surface area (TPSA) is 51.6 Å². The Labute approximate surface area is 265 Å². The van der Waals surface area contributed by atoms with Crippen LogP contribution in [0, 0.1) is 0 Å². The van der Waals surface area contributed by atoms with Gasteiger partial charge in [0.15, 0.2) is 0 Å². The molecule has 0 atom stereocenters. The van der Waals surface area contributed by atoms with Crippen molar-refractivity contribution in [1.82, 2.24) is 19.9 Å². The van der Waals surface area contributed by atoms with Gasteiger partial charge in [-0.05, 0) is 35.4 Å². The molecule has 0 spiro atoms. The lowest BCUT2D eigenvalue weighted by molar-refractivity contribution is 1.31. The smallest absolute Gasteiger partial charge is 0.0972 e. The van der Waals surface area contributed by atoms with Gasteiger partial charge in [-0.15, -0.1) is 0 Å². The summed E-state index contributed by atoms with van der Waals surface area (Å²) in [5.74, 6) is 0. The Morgan fingerprint density at radius 3 is 1.65 bits per heavy atom. The van der Waals surface area contributed by atoms with E-state index in [1.54, 1.807) is 0 Å². The highest BCUT2D eigenvalue weighted by Crippen LogP contribution is 2.41. The van der Waals surface area contributed by atoms with Crippen molar-refractivity contribution in [3.8, 4) is 44.9 Å². The molecule has 0 saturated carbocycles. The predicted octanol–water partition coefficient (Wildman–Crippen LogP) is 10.5. The minimum Gasteiger partial charge on any atom is -0.265 e. The van der Waals surface area contributed by atoms with E-state index in [2.05, 4.69) is 120 Å². The van der Waals surface area contributed by atoms with E-state index < -0.39 is 0 Å². The minimum absolute atomic E-state index is 0.863. The number of hydrogen-bond acceptors (Lipinski definition) is 4. The summed E-state index contributed by atoms with van der Waals surface area (Å²) in [6.07, 6.45) is 3.65. The zero-order chi connectivity index (χ0) is 30.5. The number of fused-ring (bicyclic) bond motifs is 6. The molecule has 0 fully saturated rings. The van der Waals surface area contributed by atoms with Crippen molar-refractivity contribution in [2.75, 3.05) is 0 Å². The van der Waals surface area contributed by atoms with Gasteiger partial charge in [0.25, 0.3) is 0 Å². The second-order valence-corrected chi connectivity index (χ2v) is 11.5. The normalized spacial score (nSPS) is 11.5. The molecule has 9 rings (SSSR count). The maximum Gasteiger partial charge on any atom is 0.0972 e. The Bertz CT molecular complexity index is 2560. The largest absolute Gasteiger partial charge is 0.265 e. The second-order valence-electron chi connectivity index (χ2n) is 11.5. The zero-order valence-corrected chi connectivity index (χ0v) is 24.8. The summed E-state index contributed by atoms with van der Waals surface area (Å²) in [6, 6.07) is 50.6. The number of benzene rings is 5. The molecule has 0 unspecified atom stereocenters. The number of pyridine rings is 4. The van der Waals surface area contributed by atoms with Crippen molar-refractivity contribution in [3.63, 3.8) is 0 Å². The lowest BCUT2D eigenvalue weighted by Gasteiger charge is -2.16. The van der Waals surface area contributed by atoms with Gasteiger partial charge in [0.1, 0.15) is 0 Å². The first-order valence-corrected chi connectivity index (χ1v) is 15.4. The van der Waals surface area contributed by atoms with Crippen molar-refractivity contribution in [2.24, 2.45) is 0 Å². The number of hydrogen-bond donors (Lipinski definition) is 0. The molecule has 0 aliphatic carbocycles. The molecule has 46 heavy (non-hydrogen) atoms. The molecular weight excluding hydrogens is 560 g/mol. The Kier molecular flexibility index (Phi) is 6.10. The Morgan fingerprint density at radius 1 is 0.348 bits per heavy atom. The SMILES string of the molecule is c1ccc(-c2ccc3ccc4ccc(-c5cccc6c5nc(-c5ccncc5)c5cccc(-c7ccccc7)c56)nc4c3n2)cc1. The summed E-state index contributed by atoms with van der Waals surface area (Å²) in [4.78, 5) is 20.1. The van der Waals surface area contributed by atoms with E-state index in [1.165, 1.54) is 16.5 Å². The minimum atomic E-state index is 0.863. The third kappa shape index (κ3) is 4.31. The molecular formula is C42H26N4. The standard InChI is InChI=1S/C42H26N4/c1-3-9-27(10-4-1)32-13-7-15-34-38(32)35-16-8-14-33(42(35)46-39(34)31-23-25-43-26-24-31)37-22-20-30-18-17-29-19-21-36(28-11-5-2-6-12-28)44-40(29)41(30)45-37/h1-26H. The van der Waals surface area contributed by atoms with Gasteiger partial charge in [0.05, 0.1) is 33.6 Å². The van der Waals surface area contributed by atoms with Crippen LogP contribution in [0.25, 0.3) is 88.4 Å². The number of nitrogens with zero attached hydrogens (tertiary/aromatic N) is 4. The number of para-hydroxylation sites is 1. The molecule has 0 aliphatic heterocycles. The Balaban J connectivity index is 1.34. The van der Waals surface area contributed by atoms with E-state index in [4.69, 9.17) is 15.0 Å². The molecule has 4 heteroatoms. The first kappa shape index (κ1) is 26.2. The van der Waals surface area contributed by atoms with Crippen LogP contribution in [0.3, 0.4) is 0 Å². The van der Waals surface area contributed by atoms with Gasteiger partial charge < -0.3 is 0 Å². The molecule has 0 N–H and O–H groups in total. The van der Waals surface area contributed by atoms with E-state index in [0.717, 1.165) is 71.9 Å². The fraction of sp³-hybridized carbons (Fsp3) is 0. The van der Waals surface area contributed by atoms with Crippen molar-refractivity contribution in [3.05, 3.63) is 158 Å². The third-order valence-electron chi connectivity index (χ3n) is 8.75.